The van der Waals surface area contributed by atoms with Gasteiger partial charge in [-0.25, -0.2) is 8.42 Å². The number of hydrogen-bond donors (Lipinski definition) is 2. The highest BCUT2D eigenvalue weighted by Gasteiger charge is 2.16. The Morgan fingerprint density at radius 1 is 1.43 bits per heavy atom. The average molecular weight is 430 g/mol. The molecule has 2 unspecified atom stereocenters. The predicted octanol–water partition coefficient (Wildman–Crippen LogP) is 1.52. The first-order chi connectivity index (χ1) is 10.2. The molecule has 1 rings (SSSR count). The number of carbonyl (C=O) groups excluding carboxylic acids is 1. The minimum Gasteiger partial charge on any atom is -0.489 e. The molecule has 0 saturated heterocycles. The van der Waals surface area contributed by atoms with Gasteiger partial charge in [-0.3, -0.25) is 4.79 Å². The van der Waals surface area contributed by atoms with Crippen molar-refractivity contribution in [2.45, 2.75) is 25.5 Å². The first-order valence-corrected chi connectivity index (χ1v) is 9.66. The zero-order valence-corrected chi connectivity index (χ0v) is 16.2. The molecular formula is C14H22BrClN2O4S. The van der Waals surface area contributed by atoms with Crippen molar-refractivity contribution in [3.63, 3.8) is 0 Å². The van der Waals surface area contributed by atoms with Crippen molar-refractivity contribution in [2.75, 3.05) is 18.6 Å². The van der Waals surface area contributed by atoms with Gasteiger partial charge in [-0.05, 0) is 31.5 Å². The molecule has 1 aromatic carbocycles. The van der Waals surface area contributed by atoms with Gasteiger partial charge in [0.2, 0.25) is 5.91 Å². The summed E-state index contributed by atoms with van der Waals surface area (Å²) >= 11 is 3.35. The van der Waals surface area contributed by atoms with Crippen molar-refractivity contribution < 1.29 is 17.9 Å². The quantitative estimate of drug-likeness (QED) is 0.653. The van der Waals surface area contributed by atoms with E-state index in [1.54, 1.807) is 0 Å². The van der Waals surface area contributed by atoms with Crippen LogP contribution in [0, 0.1) is 0 Å². The lowest BCUT2D eigenvalue weighted by Gasteiger charge is -2.17. The van der Waals surface area contributed by atoms with Gasteiger partial charge < -0.3 is 15.8 Å². The van der Waals surface area contributed by atoms with Gasteiger partial charge in [0.05, 0.1) is 18.3 Å². The second-order valence-corrected chi connectivity index (χ2v) is 8.33. The van der Waals surface area contributed by atoms with Crippen molar-refractivity contribution in [1.29, 1.82) is 0 Å². The lowest BCUT2D eigenvalue weighted by molar-refractivity contribution is -0.122. The molecule has 0 bridgehead atoms. The molecule has 2 atom stereocenters. The van der Waals surface area contributed by atoms with Gasteiger partial charge in [0, 0.05) is 10.7 Å². The summed E-state index contributed by atoms with van der Waals surface area (Å²) in [4.78, 5) is 11.8. The van der Waals surface area contributed by atoms with Gasteiger partial charge in [-0.1, -0.05) is 22.0 Å². The van der Waals surface area contributed by atoms with E-state index in [0.717, 1.165) is 10.7 Å². The molecule has 0 spiro atoms. The van der Waals surface area contributed by atoms with Crippen molar-refractivity contribution in [3.05, 3.63) is 28.7 Å². The maximum absolute atomic E-state index is 11.8. The minimum atomic E-state index is -3.12. The summed E-state index contributed by atoms with van der Waals surface area (Å²) in [5, 5.41) is 2.66. The third kappa shape index (κ3) is 9.80. The monoisotopic (exact) mass is 428 g/mol. The molecular weight excluding hydrogens is 408 g/mol. The third-order valence-electron chi connectivity index (χ3n) is 2.83. The Morgan fingerprint density at radius 3 is 2.65 bits per heavy atom. The summed E-state index contributed by atoms with van der Waals surface area (Å²) in [6.45, 7) is 2.11. The number of sulfone groups is 1. The van der Waals surface area contributed by atoms with Crippen molar-refractivity contribution in [2.24, 2.45) is 5.73 Å². The fourth-order valence-corrected chi connectivity index (χ4v) is 2.72. The Bertz CT molecular complexity index is 613. The van der Waals surface area contributed by atoms with Gasteiger partial charge >= 0.3 is 0 Å². The van der Waals surface area contributed by atoms with Crippen LogP contribution in [0.1, 0.15) is 13.3 Å². The van der Waals surface area contributed by atoms with Crippen LogP contribution in [0.25, 0.3) is 0 Å². The maximum atomic E-state index is 11.8. The molecule has 0 aliphatic carbocycles. The lowest BCUT2D eigenvalue weighted by atomic mass is 10.2. The molecule has 0 aliphatic rings. The highest BCUT2D eigenvalue weighted by atomic mass is 79.9. The highest BCUT2D eigenvalue weighted by Crippen LogP contribution is 2.18. The average Bonchev–Trinajstić information content (AvgIpc) is 2.41. The predicted molar refractivity (Wildman–Crippen MR) is 96.8 cm³/mol. The van der Waals surface area contributed by atoms with E-state index in [1.165, 1.54) is 0 Å². The van der Waals surface area contributed by atoms with Crippen LogP contribution >= 0.6 is 28.3 Å². The minimum absolute atomic E-state index is 0. The number of nitrogens with one attached hydrogen (secondary N) is 1. The van der Waals surface area contributed by atoms with Crippen LogP contribution < -0.4 is 15.8 Å². The summed E-state index contributed by atoms with van der Waals surface area (Å²) in [6.07, 6.45) is 0.984. The number of amides is 1. The molecule has 0 aliphatic heterocycles. The Morgan fingerprint density at radius 2 is 2.09 bits per heavy atom. The van der Waals surface area contributed by atoms with Gasteiger partial charge in [-0.2, -0.15) is 0 Å². The molecule has 6 nitrogen and oxygen atoms in total. The van der Waals surface area contributed by atoms with Crippen LogP contribution in [0.5, 0.6) is 5.75 Å². The largest absolute Gasteiger partial charge is 0.489 e. The molecule has 0 heterocycles. The van der Waals surface area contributed by atoms with Crippen molar-refractivity contribution in [3.8, 4) is 5.75 Å². The molecule has 23 heavy (non-hydrogen) atoms. The normalized spacial score (nSPS) is 13.6. The number of hydrogen-bond acceptors (Lipinski definition) is 5. The van der Waals surface area contributed by atoms with E-state index < -0.39 is 15.9 Å². The van der Waals surface area contributed by atoms with E-state index in [9.17, 15) is 13.2 Å². The molecule has 1 amide bonds. The van der Waals surface area contributed by atoms with Crippen molar-refractivity contribution >= 4 is 44.1 Å². The first kappa shape index (κ1) is 22.2. The molecule has 132 valence electrons. The lowest BCUT2D eigenvalue weighted by Crippen LogP contribution is -2.44. The van der Waals surface area contributed by atoms with Gasteiger partial charge in [-0.15, -0.1) is 12.4 Å². The SMILES string of the molecule is CC(CNC(=O)C(N)CCS(C)(=O)=O)Oc1cccc(Br)c1.Cl. The maximum Gasteiger partial charge on any atom is 0.237 e. The molecule has 9 heteroatoms. The van der Waals surface area contributed by atoms with E-state index in [2.05, 4.69) is 21.2 Å². The van der Waals surface area contributed by atoms with Crippen molar-refractivity contribution in [1.82, 2.24) is 5.32 Å². The number of rotatable bonds is 8. The van der Waals surface area contributed by atoms with E-state index >= 15 is 0 Å². The third-order valence-corrected chi connectivity index (χ3v) is 4.30. The highest BCUT2D eigenvalue weighted by molar-refractivity contribution is 9.10. The molecule has 0 fully saturated rings. The number of nitrogens with two attached hydrogens (primary N) is 1. The fourth-order valence-electron chi connectivity index (χ4n) is 1.66. The Balaban J connectivity index is 0.00000484. The number of benzene rings is 1. The Kier molecular flexibility index (Phi) is 9.76. The number of halogens is 2. The zero-order valence-electron chi connectivity index (χ0n) is 13.0. The number of ether oxygens (including phenoxy) is 1. The first-order valence-electron chi connectivity index (χ1n) is 6.80. The summed E-state index contributed by atoms with van der Waals surface area (Å²) in [5.74, 6) is 0.205. The molecule has 0 radical (unpaired) electrons. The van der Waals surface area contributed by atoms with E-state index in [4.69, 9.17) is 10.5 Å². The standard InChI is InChI=1S/C14H21BrN2O4S.ClH/c1-10(21-12-5-3-4-11(15)8-12)9-17-14(18)13(16)6-7-22(2,19)20;/h3-5,8,10,13H,6-7,9,16H2,1-2H3,(H,17,18);1H. The molecule has 1 aromatic rings. The van der Waals surface area contributed by atoms with Crippen LogP contribution in [0.15, 0.2) is 28.7 Å². The summed E-state index contributed by atoms with van der Waals surface area (Å²) in [5.41, 5.74) is 5.66. The number of carbonyl (C=O) groups is 1. The molecule has 0 saturated carbocycles. The van der Waals surface area contributed by atoms with E-state index in [-0.39, 0.29) is 43.1 Å². The summed E-state index contributed by atoms with van der Waals surface area (Å²) < 4.78 is 28.7. The van der Waals surface area contributed by atoms with Crippen LogP contribution in [-0.2, 0) is 14.6 Å². The second kappa shape index (κ2) is 10.1. The second-order valence-electron chi connectivity index (χ2n) is 5.16. The van der Waals surface area contributed by atoms with Crippen LogP contribution in [-0.4, -0.2) is 45.0 Å². The molecule has 3 N–H and O–H groups in total. The Hall–Kier alpha value is -0.830. The van der Waals surface area contributed by atoms with Gasteiger partial charge in [0.15, 0.2) is 0 Å². The zero-order chi connectivity index (χ0) is 16.8. The van der Waals surface area contributed by atoms with Crippen LogP contribution in [0.2, 0.25) is 0 Å². The smallest absolute Gasteiger partial charge is 0.237 e. The van der Waals surface area contributed by atoms with E-state index in [0.29, 0.717) is 5.75 Å². The van der Waals surface area contributed by atoms with Crippen LogP contribution in [0.4, 0.5) is 0 Å². The fraction of sp³-hybridized carbons (Fsp3) is 0.500. The molecule has 0 aromatic heterocycles. The van der Waals surface area contributed by atoms with Gasteiger partial charge in [0.25, 0.3) is 0 Å². The summed E-state index contributed by atoms with van der Waals surface area (Å²) in [6, 6.07) is 6.55. The summed E-state index contributed by atoms with van der Waals surface area (Å²) in [7, 11) is -3.12. The topological polar surface area (TPSA) is 98.5 Å². The Labute approximate surface area is 151 Å². The van der Waals surface area contributed by atoms with Crippen LogP contribution in [0.3, 0.4) is 0 Å². The van der Waals surface area contributed by atoms with E-state index in [1.807, 2.05) is 31.2 Å². The van der Waals surface area contributed by atoms with Gasteiger partial charge in [0.1, 0.15) is 21.7 Å².